The molecule has 112 valence electrons. The SMILES string of the molecule is CCCCCCCOCCC(=O)Nc1cccc(N)c1. The number of unbranched alkanes of at least 4 members (excludes halogenated alkanes) is 4. The second-order valence-corrected chi connectivity index (χ2v) is 4.95. The van der Waals surface area contributed by atoms with Crippen LogP contribution in [0.3, 0.4) is 0 Å². The minimum absolute atomic E-state index is 0.0402. The number of amides is 1. The smallest absolute Gasteiger partial charge is 0.226 e. The molecule has 0 heterocycles. The molecular formula is C16H26N2O2. The van der Waals surface area contributed by atoms with Gasteiger partial charge in [0, 0.05) is 18.0 Å². The quantitative estimate of drug-likeness (QED) is 0.508. The topological polar surface area (TPSA) is 64.3 Å². The second-order valence-electron chi connectivity index (χ2n) is 4.95. The first-order chi connectivity index (χ1) is 9.72. The van der Waals surface area contributed by atoms with Crippen LogP contribution in [-0.4, -0.2) is 19.1 Å². The summed E-state index contributed by atoms with van der Waals surface area (Å²) in [7, 11) is 0. The monoisotopic (exact) mass is 278 g/mol. The van der Waals surface area contributed by atoms with E-state index >= 15 is 0 Å². The molecule has 1 rings (SSSR count). The summed E-state index contributed by atoms with van der Waals surface area (Å²) in [4.78, 5) is 11.7. The molecule has 1 aromatic carbocycles. The van der Waals surface area contributed by atoms with E-state index in [1.54, 1.807) is 12.1 Å². The summed E-state index contributed by atoms with van der Waals surface area (Å²) in [5.74, 6) is -0.0402. The molecule has 0 aliphatic carbocycles. The molecule has 0 aromatic heterocycles. The molecule has 0 saturated heterocycles. The van der Waals surface area contributed by atoms with Gasteiger partial charge in [-0.1, -0.05) is 38.7 Å². The molecule has 0 spiro atoms. The van der Waals surface area contributed by atoms with E-state index in [0.717, 1.165) is 18.7 Å². The van der Waals surface area contributed by atoms with E-state index in [1.165, 1.54) is 25.7 Å². The zero-order valence-electron chi connectivity index (χ0n) is 12.4. The average Bonchev–Trinajstić information content (AvgIpc) is 2.42. The average molecular weight is 278 g/mol. The number of nitrogens with two attached hydrogens (primary N) is 1. The third kappa shape index (κ3) is 7.79. The van der Waals surface area contributed by atoms with E-state index in [2.05, 4.69) is 12.2 Å². The van der Waals surface area contributed by atoms with Crippen molar-refractivity contribution in [3.05, 3.63) is 24.3 Å². The number of ether oxygens (including phenoxy) is 1. The summed E-state index contributed by atoms with van der Waals surface area (Å²) in [5.41, 5.74) is 7.02. The van der Waals surface area contributed by atoms with Crippen LogP contribution in [-0.2, 0) is 9.53 Å². The fourth-order valence-electron chi connectivity index (χ4n) is 1.91. The molecule has 0 aliphatic rings. The maximum absolute atomic E-state index is 11.7. The number of nitrogens with one attached hydrogen (secondary N) is 1. The van der Waals surface area contributed by atoms with E-state index in [1.807, 2.05) is 12.1 Å². The van der Waals surface area contributed by atoms with Crippen LogP contribution in [0.25, 0.3) is 0 Å². The highest BCUT2D eigenvalue weighted by molar-refractivity contribution is 5.91. The Balaban J connectivity index is 2.03. The number of hydrogen-bond donors (Lipinski definition) is 2. The molecule has 0 aliphatic heterocycles. The zero-order chi connectivity index (χ0) is 14.6. The van der Waals surface area contributed by atoms with Crippen LogP contribution in [0.15, 0.2) is 24.3 Å². The molecule has 4 heteroatoms. The highest BCUT2D eigenvalue weighted by atomic mass is 16.5. The Labute approximate surface area is 121 Å². The Hall–Kier alpha value is -1.55. The van der Waals surface area contributed by atoms with Crippen molar-refractivity contribution >= 4 is 17.3 Å². The van der Waals surface area contributed by atoms with E-state index in [4.69, 9.17) is 10.5 Å². The minimum atomic E-state index is -0.0402. The summed E-state index contributed by atoms with van der Waals surface area (Å²) >= 11 is 0. The molecule has 0 radical (unpaired) electrons. The number of hydrogen-bond acceptors (Lipinski definition) is 3. The van der Waals surface area contributed by atoms with Crippen molar-refractivity contribution in [3.8, 4) is 0 Å². The van der Waals surface area contributed by atoms with E-state index < -0.39 is 0 Å². The van der Waals surface area contributed by atoms with Gasteiger partial charge in [-0.05, 0) is 24.6 Å². The molecule has 1 aromatic rings. The van der Waals surface area contributed by atoms with Crippen LogP contribution in [0.2, 0.25) is 0 Å². The van der Waals surface area contributed by atoms with Gasteiger partial charge < -0.3 is 15.8 Å². The van der Waals surface area contributed by atoms with Crippen molar-refractivity contribution in [3.63, 3.8) is 0 Å². The Morgan fingerprint density at radius 1 is 1.20 bits per heavy atom. The van der Waals surface area contributed by atoms with E-state index in [0.29, 0.717) is 18.7 Å². The minimum Gasteiger partial charge on any atom is -0.399 e. The first kappa shape index (κ1) is 16.5. The Bertz CT molecular complexity index is 394. The standard InChI is InChI=1S/C16H26N2O2/c1-2-3-4-5-6-11-20-12-10-16(19)18-15-9-7-8-14(17)13-15/h7-9,13H,2-6,10-12,17H2,1H3,(H,18,19). The van der Waals surface area contributed by atoms with Crippen molar-refractivity contribution in [1.29, 1.82) is 0 Å². The molecule has 20 heavy (non-hydrogen) atoms. The van der Waals surface area contributed by atoms with Crippen LogP contribution in [0.4, 0.5) is 11.4 Å². The molecular weight excluding hydrogens is 252 g/mol. The second kappa shape index (κ2) is 10.3. The number of nitrogen functional groups attached to an aromatic ring is 1. The van der Waals surface area contributed by atoms with Gasteiger partial charge in [0.05, 0.1) is 13.0 Å². The normalized spacial score (nSPS) is 10.4. The number of rotatable bonds is 10. The van der Waals surface area contributed by atoms with Crippen LogP contribution in [0.5, 0.6) is 0 Å². The third-order valence-corrected chi connectivity index (χ3v) is 3.04. The summed E-state index contributed by atoms with van der Waals surface area (Å²) in [6, 6.07) is 7.17. The van der Waals surface area contributed by atoms with Gasteiger partial charge in [0.25, 0.3) is 0 Å². The maximum atomic E-state index is 11.7. The van der Waals surface area contributed by atoms with Crippen LogP contribution in [0, 0.1) is 0 Å². The Morgan fingerprint density at radius 2 is 2.00 bits per heavy atom. The molecule has 4 nitrogen and oxygen atoms in total. The molecule has 0 atom stereocenters. The highest BCUT2D eigenvalue weighted by Gasteiger charge is 2.02. The van der Waals surface area contributed by atoms with Crippen molar-refractivity contribution in [1.82, 2.24) is 0 Å². The summed E-state index contributed by atoms with van der Waals surface area (Å²) < 4.78 is 5.46. The van der Waals surface area contributed by atoms with Gasteiger partial charge in [-0.2, -0.15) is 0 Å². The zero-order valence-corrected chi connectivity index (χ0v) is 12.4. The largest absolute Gasteiger partial charge is 0.399 e. The molecule has 0 fully saturated rings. The van der Waals surface area contributed by atoms with Gasteiger partial charge in [0.15, 0.2) is 0 Å². The first-order valence-electron chi connectivity index (χ1n) is 7.45. The molecule has 0 bridgehead atoms. The van der Waals surface area contributed by atoms with Gasteiger partial charge >= 0.3 is 0 Å². The Kier molecular flexibility index (Phi) is 8.47. The number of carbonyl (C=O) groups excluding carboxylic acids is 1. The van der Waals surface area contributed by atoms with Crippen molar-refractivity contribution < 1.29 is 9.53 Å². The molecule has 0 unspecified atom stereocenters. The molecule has 1 amide bonds. The van der Waals surface area contributed by atoms with Crippen LogP contribution < -0.4 is 11.1 Å². The lowest BCUT2D eigenvalue weighted by Crippen LogP contribution is -2.14. The summed E-state index contributed by atoms with van der Waals surface area (Å²) in [6.07, 6.45) is 6.49. The van der Waals surface area contributed by atoms with Gasteiger partial charge in [0.1, 0.15) is 0 Å². The molecule has 3 N–H and O–H groups in total. The molecule has 0 saturated carbocycles. The van der Waals surface area contributed by atoms with Crippen molar-refractivity contribution in [2.75, 3.05) is 24.3 Å². The fourth-order valence-corrected chi connectivity index (χ4v) is 1.91. The number of carbonyl (C=O) groups is 1. The van der Waals surface area contributed by atoms with Crippen molar-refractivity contribution in [2.45, 2.75) is 45.4 Å². The highest BCUT2D eigenvalue weighted by Crippen LogP contribution is 2.11. The van der Waals surface area contributed by atoms with Crippen LogP contribution in [0.1, 0.15) is 45.4 Å². The predicted octanol–water partition coefficient (Wildman–Crippen LogP) is 3.58. The first-order valence-corrected chi connectivity index (χ1v) is 7.45. The summed E-state index contributed by atoms with van der Waals surface area (Å²) in [6.45, 7) is 3.42. The summed E-state index contributed by atoms with van der Waals surface area (Å²) in [5, 5.41) is 2.80. The fraction of sp³-hybridized carbons (Fsp3) is 0.562. The van der Waals surface area contributed by atoms with Gasteiger partial charge in [-0.25, -0.2) is 0 Å². The number of anilines is 2. The van der Waals surface area contributed by atoms with E-state index in [9.17, 15) is 4.79 Å². The maximum Gasteiger partial charge on any atom is 0.226 e. The van der Waals surface area contributed by atoms with Gasteiger partial charge in [-0.3, -0.25) is 4.79 Å². The lowest BCUT2D eigenvalue weighted by atomic mass is 10.2. The lowest BCUT2D eigenvalue weighted by Gasteiger charge is -2.06. The van der Waals surface area contributed by atoms with Gasteiger partial charge in [-0.15, -0.1) is 0 Å². The van der Waals surface area contributed by atoms with Crippen molar-refractivity contribution in [2.24, 2.45) is 0 Å². The lowest BCUT2D eigenvalue weighted by molar-refractivity contribution is -0.117. The predicted molar refractivity (Wildman–Crippen MR) is 83.7 cm³/mol. The van der Waals surface area contributed by atoms with E-state index in [-0.39, 0.29) is 5.91 Å². The number of benzene rings is 1. The van der Waals surface area contributed by atoms with Gasteiger partial charge in [0.2, 0.25) is 5.91 Å². The third-order valence-electron chi connectivity index (χ3n) is 3.04. The van der Waals surface area contributed by atoms with Crippen LogP contribution >= 0.6 is 0 Å². The Morgan fingerprint density at radius 3 is 2.75 bits per heavy atom.